The van der Waals surface area contributed by atoms with E-state index in [1.54, 1.807) is 24.0 Å². The highest BCUT2D eigenvalue weighted by Gasteiger charge is 2.28. The Labute approximate surface area is 194 Å². The Kier molecular flexibility index (Phi) is 7.38. The number of halogens is 1. The predicted octanol–water partition coefficient (Wildman–Crippen LogP) is 5.39. The lowest BCUT2D eigenvalue weighted by atomic mass is 10.0. The Hall–Kier alpha value is -3.21. The van der Waals surface area contributed by atoms with E-state index in [2.05, 4.69) is 29.6 Å². The van der Waals surface area contributed by atoms with Crippen molar-refractivity contribution in [2.45, 2.75) is 64.1 Å². The van der Waals surface area contributed by atoms with Crippen LogP contribution in [0.4, 0.5) is 4.39 Å². The number of hydrogen-bond donors (Lipinski definition) is 1. The van der Waals surface area contributed by atoms with Crippen molar-refractivity contribution < 1.29 is 14.0 Å². The second kappa shape index (κ2) is 10.6. The normalized spacial score (nSPS) is 14.8. The van der Waals surface area contributed by atoms with Crippen molar-refractivity contribution in [2.24, 2.45) is 0 Å². The molecule has 1 aliphatic carbocycles. The van der Waals surface area contributed by atoms with E-state index in [1.807, 2.05) is 18.2 Å². The molecule has 5 heteroatoms. The molecule has 2 amide bonds. The molecule has 0 heterocycles. The van der Waals surface area contributed by atoms with E-state index in [4.69, 9.17) is 0 Å². The van der Waals surface area contributed by atoms with E-state index in [0.29, 0.717) is 12.8 Å². The zero-order valence-corrected chi connectivity index (χ0v) is 19.1. The van der Waals surface area contributed by atoms with Crippen LogP contribution >= 0.6 is 0 Å². The molecule has 1 fully saturated rings. The van der Waals surface area contributed by atoms with Gasteiger partial charge in [0.15, 0.2) is 0 Å². The molecule has 1 atom stereocenters. The Morgan fingerprint density at radius 2 is 1.70 bits per heavy atom. The van der Waals surface area contributed by atoms with E-state index >= 15 is 0 Å². The summed E-state index contributed by atoms with van der Waals surface area (Å²) in [5.74, 6) is -0.525. The first-order valence-electron chi connectivity index (χ1n) is 11.8. The first-order chi connectivity index (χ1) is 16.0. The highest BCUT2D eigenvalue weighted by Crippen LogP contribution is 2.22. The fourth-order valence-corrected chi connectivity index (χ4v) is 4.66. The number of carbonyl (C=O) groups excluding carboxylic acids is 2. The van der Waals surface area contributed by atoms with Gasteiger partial charge in [0, 0.05) is 19.0 Å². The minimum absolute atomic E-state index is 0.0821. The lowest BCUT2D eigenvalue weighted by Gasteiger charge is -2.30. The number of hydrogen-bond acceptors (Lipinski definition) is 2. The molecule has 3 aromatic rings. The monoisotopic (exact) mass is 446 g/mol. The second-order valence-electron chi connectivity index (χ2n) is 8.95. The molecule has 33 heavy (non-hydrogen) atoms. The van der Waals surface area contributed by atoms with Crippen LogP contribution in [0.25, 0.3) is 10.8 Å². The van der Waals surface area contributed by atoms with E-state index in [1.165, 1.54) is 12.1 Å². The lowest BCUT2D eigenvalue weighted by molar-refractivity contribution is -0.140. The van der Waals surface area contributed by atoms with Crippen molar-refractivity contribution in [1.29, 1.82) is 0 Å². The third-order valence-corrected chi connectivity index (χ3v) is 6.62. The van der Waals surface area contributed by atoms with Crippen LogP contribution in [0, 0.1) is 5.82 Å². The maximum absolute atomic E-state index is 13.4. The van der Waals surface area contributed by atoms with E-state index in [0.717, 1.165) is 47.6 Å². The van der Waals surface area contributed by atoms with Gasteiger partial charge in [-0.05, 0) is 60.2 Å². The van der Waals surface area contributed by atoms with Gasteiger partial charge in [0.2, 0.25) is 11.8 Å². The Balaban J connectivity index is 1.50. The Morgan fingerprint density at radius 1 is 1.00 bits per heavy atom. The van der Waals surface area contributed by atoms with Gasteiger partial charge in [-0.1, -0.05) is 67.4 Å². The van der Waals surface area contributed by atoms with Gasteiger partial charge in [0.1, 0.15) is 11.9 Å². The van der Waals surface area contributed by atoms with Crippen LogP contribution in [-0.4, -0.2) is 28.8 Å². The molecule has 0 bridgehead atoms. The number of amides is 2. The lowest BCUT2D eigenvalue weighted by Crippen LogP contribution is -2.49. The third kappa shape index (κ3) is 5.78. The molecule has 0 spiro atoms. The van der Waals surface area contributed by atoms with Gasteiger partial charge in [-0.2, -0.15) is 0 Å². The average Bonchev–Trinajstić information content (AvgIpc) is 3.34. The summed E-state index contributed by atoms with van der Waals surface area (Å²) in [6.45, 7) is 2.05. The standard InChI is InChI=1S/C28H31FN2O2/c1-20(28(33)30-25-10-3-4-11-25)31(19-21-13-16-24(29)17-14-21)27(32)18-15-23-9-6-8-22-7-2-5-12-26(22)23/h2,5-9,12-14,16-17,20,25H,3-4,10-11,15,18-19H2,1H3,(H,30,33). The van der Waals surface area contributed by atoms with Crippen molar-refractivity contribution >= 4 is 22.6 Å². The molecule has 1 unspecified atom stereocenters. The van der Waals surface area contributed by atoms with Gasteiger partial charge < -0.3 is 10.2 Å². The summed E-state index contributed by atoms with van der Waals surface area (Å²) in [6, 6.07) is 20.0. The van der Waals surface area contributed by atoms with Crippen LogP contribution < -0.4 is 5.32 Å². The van der Waals surface area contributed by atoms with Gasteiger partial charge in [0.25, 0.3) is 0 Å². The summed E-state index contributed by atoms with van der Waals surface area (Å²) in [5, 5.41) is 5.41. The molecule has 4 nitrogen and oxygen atoms in total. The average molecular weight is 447 g/mol. The van der Waals surface area contributed by atoms with Crippen LogP contribution in [0.5, 0.6) is 0 Å². The number of carbonyl (C=O) groups is 2. The fourth-order valence-electron chi connectivity index (χ4n) is 4.66. The van der Waals surface area contributed by atoms with E-state index < -0.39 is 6.04 Å². The van der Waals surface area contributed by atoms with Crippen molar-refractivity contribution in [3.05, 3.63) is 83.7 Å². The first kappa shape index (κ1) is 23.0. The van der Waals surface area contributed by atoms with Crippen molar-refractivity contribution in [2.75, 3.05) is 0 Å². The van der Waals surface area contributed by atoms with E-state index in [9.17, 15) is 14.0 Å². The SMILES string of the molecule is CC(C(=O)NC1CCCC1)N(Cc1ccc(F)cc1)C(=O)CCc1cccc2ccccc12. The van der Waals surface area contributed by atoms with Gasteiger partial charge in [-0.15, -0.1) is 0 Å². The minimum atomic E-state index is -0.601. The molecule has 172 valence electrons. The number of benzene rings is 3. The highest BCUT2D eigenvalue weighted by atomic mass is 19.1. The molecule has 0 saturated heterocycles. The van der Waals surface area contributed by atoms with Crippen LogP contribution in [-0.2, 0) is 22.6 Å². The molecular formula is C28H31FN2O2. The molecule has 4 rings (SSSR count). The number of fused-ring (bicyclic) bond motifs is 1. The fraction of sp³-hybridized carbons (Fsp3) is 0.357. The topological polar surface area (TPSA) is 49.4 Å². The summed E-state index contributed by atoms with van der Waals surface area (Å²) in [6.07, 6.45) is 5.13. The van der Waals surface area contributed by atoms with Crippen LogP contribution in [0.2, 0.25) is 0 Å². The zero-order chi connectivity index (χ0) is 23.2. The van der Waals surface area contributed by atoms with Gasteiger partial charge in [-0.25, -0.2) is 4.39 Å². The highest BCUT2D eigenvalue weighted by molar-refractivity contribution is 5.89. The Morgan fingerprint density at radius 3 is 2.45 bits per heavy atom. The van der Waals surface area contributed by atoms with Crippen molar-refractivity contribution in [3.63, 3.8) is 0 Å². The maximum Gasteiger partial charge on any atom is 0.242 e. The zero-order valence-electron chi connectivity index (χ0n) is 19.1. The molecule has 1 aliphatic rings. The van der Waals surface area contributed by atoms with E-state index in [-0.39, 0.29) is 30.2 Å². The number of nitrogens with zero attached hydrogens (tertiary/aromatic N) is 1. The summed E-state index contributed by atoms with van der Waals surface area (Å²) in [4.78, 5) is 28.0. The van der Waals surface area contributed by atoms with Gasteiger partial charge in [-0.3, -0.25) is 9.59 Å². The second-order valence-corrected chi connectivity index (χ2v) is 8.95. The van der Waals surface area contributed by atoms with Gasteiger partial charge in [0.05, 0.1) is 0 Å². The maximum atomic E-state index is 13.4. The smallest absolute Gasteiger partial charge is 0.242 e. The van der Waals surface area contributed by atoms with Crippen molar-refractivity contribution in [1.82, 2.24) is 10.2 Å². The summed E-state index contributed by atoms with van der Waals surface area (Å²) < 4.78 is 13.4. The molecule has 1 N–H and O–H groups in total. The molecular weight excluding hydrogens is 415 g/mol. The van der Waals surface area contributed by atoms with Crippen molar-refractivity contribution in [3.8, 4) is 0 Å². The van der Waals surface area contributed by atoms with Crippen LogP contribution in [0.3, 0.4) is 0 Å². The van der Waals surface area contributed by atoms with Gasteiger partial charge >= 0.3 is 0 Å². The molecule has 3 aromatic carbocycles. The number of aryl methyl sites for hydroxylation is 1. The summed E-state index contributed by atoms with van der Waals surface area (Å²) in [7, 11) is 0. The van der Waals surface area contributed by atoms with Crippen LogP contribution in [0.1, 0.15) is 50.2 Å². The largest absolute Gasteiger partial charge is 0.352 e. The molecule has 0 aliphatic heterocycles. The first-order valence-corrected chi connectivity index (χ1v) is 11.8. The number of rotatable bonds is 8. The molecule has 0 radical (unpaired) electrons. The quantitative estimate of drug-likeness (QED) is 0.505. The Bertz CT molecular complexity index is 1100. The summed E-state index contributed by atoms with van der Waals surface area (Å²) in [5.41, 5.74) is 1.92. The molecule has 0 aromatic heterocycles. The van der Waals surface area contributed by atoms with Crippen LogP contribution in [0.15, 0.2) is 66.7 Å². The summed E-state index contributed by atoms with van der Waals surface area (Å²) >= 11 is 0. The molecule has 1 saturated carbocycles. The third-order valence-electron chi connectivity index (χ3n) is 6.62. The predicted molar refractivity (Wildman–Crippen MR) is 129 cm³/mol. The minimum Gasteiger partial charge on any atom is -0.352 e. The number of nitrogens with one attached hydrogen (secondary N) is 1.